The second-order valence-corrected chi connectivity index (χ2v) is 5.86. The molecule has 138 valence electrons. The molecule has 3 rings (SSSR count). The summed E-state index contributed by atoms with van der Waals surface area (Å²) in [5, 5.41) is 13.5. The van der Waals surface area contributed by atoms with Crippen molar-refractivity contribution < 1.29 is 9.72 Å². The number of carbonyl (C=O) groups is 1. The number of non-ortho nitro benzene ring substituents is 1. The van der Waals surface area contributed by atoms with Crippen LogP contribution in [-0.4, -0.2) is 17.0 Å². The summed E-state index contributed by atoms with van der Waals surface area (Å²) >= 11 is 0. The minimum Gasteiger partial charge on any atom is -0.322 e. The van der Waals surface area contributed by atoms with Crippen molar-refractivity contribution in [2.24, 2.45) is 4.99 Å². The average Bonchev–Trinajstić information content (AvgIpc) is 2.72. The molecule has 28 heavy (non-hydrogen) atoms. The number of carbonyl (C=O) groups excluding carboxylic acids is 1. The molecule has 3 aromatic carbocycles. The first-order chi connectivity index (χ1) is 13.6. The van der Waals surface area contributed by atoms with Gasteiger partial charge in [0.1, 0.15) is 0 Å². The third-order valence-electron chi connectivity index (χ3n) is 3.84. The van der Waals surface area contributed by atoms with E-state index in [4.69, 9.17) is 0 Å². The first kappa shape index (κ1) is 18.7. The molecule has 0 heterocycles. The number of benzene rings is 3. The molecule has 0 saturated heterocycles. The molecule has 6 heteroatoms. The van der Waals surface area contributed by atoms with Crippen LogP contribution in [0, 0.1) is 10.1 Å². The highest BCUT2D eigenvalue weighted by atomic mass is 16.6. The van der Waals surface area contributed by atoms with E-state index in [9.17, 15) is 14.9 Å². The van der Waals surface area contributed by atoms with Crippen LogP contribution in [0.3, 0.4) is 0 Å². The fourth-order valence-corrected chi connectivity index (χ4v) is 2.45. The van der Waals surface area contributed by atoms with Crippen LogP contribution in [0.4, 0.5) is 17.1 Å². The second-order valence-electron chi connectivity index (χ2n) is 5.86. The molecular formula is C22H17N3O3. The van der Waals surface area contributed by atoms with Gasteiger partial charge in [-0.25, -0.2) is 0 Å². The predicted octanol–water partition coefficient (Wildman–Crippen LogP) is 5.26. The van der Waals surface area contributed by atoms with Crippen molar-refractivity contribution in [1.82, 2.24) is 0 Å². The molecule has 0 saturated carbocycles. The normalized spacial score (nSPS) is 11.0. The summed E-state index contributed by atoms with van der Waals surface area (Å²) in [4.78, 5) is 26.8. The lowest BCUT2D eigenvalue weighted by molar-refractivity contribution is -0.384. The molecule has 0 spiro atoms. The van der Waals surface area contributed by atoms with E-state index < -0.39 is 4.92 Å². The number of nitro groups is 1. The van der Waals surface area contributed by atoms with Crippen molar-refractivity contribution in [2.75, 3.05) is 5.32 Å². The van der Waals surface area contributed by atoms with E-state index in [1.807, 2.05) is 30.3 Å². The van der Waals surface area contributed by atoms with Gasteiger partial charge in [0, 0.05) is 29.6 Å². The van der Waals surface area contributed by atoms with Crippen LogP contribution >= 0.6 is 0 Å². The van der Waals surface area contributed by atoms with Gasteiger partial charge in [-0.3, -0.25) is 19.9 Å². The number of rotatable bonds is 6. The van der Waals surface area contributed by atoms with Crippen LogP contribution in [0.1, 0.15) is 15.9 Å². The number of nitrogens with one attached hydrogen (secondary N) is 1. The fourth-order valence-electron chi connectivity index (χ4n) is 2.45. The van der Waals surface area contributed by atoms with Gasteiger partial charge < -0.3 is 5.32 Å². The highest BCUT2D eigenvalue weighted by Gasteiger charge is 2.05. The summed E-state index contributed by atoms with van der Waals surface area (Å²) in [5.41, 5.74) is 2.82. The molecule has 0 radical (unpaired) electrons. The Labute approximate surface area is 162 Å². The van der Waals surface area contributed by atoms with E-state index in [-0.39, 0.29) is 11.6 Å². The molecule has 0 fully saturated rings. The Morgan fingerprint density at radius 3 is 2.43 bits per heavy atom. The van der Waals surface area contributed by atoms with Crippen LogP contribution in [0.15, 0.2) is 89.9 Å². The smallest absolute Gasteiger partial charge is 0.269 e. The number of anilines is 1. The number of aliphatic imine (C=N–C) groups is 1. The minimum absolute atomic E-state index is 0.0557. The Kier molecular flexibility index (Phi) is 6.05. The van der Waals surface area contributed by atoms with E-state index in [1.54, 1.807) is 54.8 Å². The number of amides is 1. The first-order valence-corrected chi connectivity index (χ1v) is 8.53. The average molecular weight is 371 g/mol. The largest absolute Gasteiger partial charge is 0.322 e. The summed E-state index contributed by atoms with van der Waals surface area (Å²) in [7, 11) is 0. The standard InChI is InChI=1S/C22H17N3O3/c26-22(18-7-2-1-3-8-18)24-20-10-4-9-19(16-20)23-15-5-6-17-11-13-21(14-12-17)25(27)28/h1-16H,(H,24,26)/b6-5+,23-15?. The van der Waals surface area contributed by atoms with E-state index in [1.165, 1.54) is 12.1 Å². The van der Waals surface area contributed by atoms with Crippen molar-refractivity contribution in [3.63, 3.8) is 0 Å². The Morgan fingerprint density at radius 1 is 0.964 bits per heavy atom. The van der Waals surface area contributed by atoms with Crippen LogP contribution < -0.4 is 5.32 Å². The van der Waals surface area contributed by atoms with Gasteiger partial charge in [-0.05, 0) is 54.1 Å². The van der Waals surface area contributed by atoms with Gasteiger partial charge in [0.15, 0.2) is 0 Å². The summed E-state index contributed by atoms with van der Waals surface area (Å²) < 4.78 is 0. The molecule has 0 aromatic heterocycles. The SMILES string of the molecule is O=C(Nc1cccc(N=C/C=C/c2ccc([N+](=O)[O-])cc2)c1)c1ccccc1. The second kappa shape index (κ2) is 9.05. The molecule has 0 aliphatic carbocycles. The number of hydrogen-bond acceptors (Lipinski definition) is 4. The number of nitrogens with zero attached hydrogens (tertiary/aromatic N) is 2. The maximum absolute atomic E-state index is 12.2. The predicted molar refractivity (Wildman–Crippen MR) is 111 cm³/mol. The molecule has 0 unspecified atom stereocenters. The Morgan fingerprint density at radius 2 is 1.71 bits per heavy atom. The van der Waals surface area contributed by atoms with Crippen molar-refractivity contribution >= 4 is 35.3 Å². The zero-order valence-corrected chi connectivity index (χ0v) is 14.9. The molecule has 0 aliphatic heterocycles. The molecule has 0 atom stereocenters. The molecule has 1 amide bonds. The lowest BCUT2D eigenvalue weighted by atomic mass is 10.2. The van der Waals surface area contributed by atoms with E-state index in [0.717, 1.165) is 5.56 Å². The highest BCUT2D eigenvalue weighted by Crippen LogP contribution is 2.18. The van der Waals surface area contributed by atoms with Crippen LogP contribution in [0.2, 0.25) is 0 Å². The van der Waals surface area contributed by atoms with Crippen molar-refractivity contribution in [2.45, 2.75) is 0 Å². The lowest BCUT2D eigenvalue weighted by Crippen LogP contribution is -2.11. The van der Waals surface area contributed by atoms with E-state index in [2.05, 4.69) is 10.3 Å². The minimum atomic E-state index is -0.432. The quantitative estimate of drug-likeness (QED) is 0.364. The van der Waals surface area contributed by atoms with Gasteiger partial charge in [0.2, 0.25) is 0 Å². The van der Waals surface area contributed by atoms with Crippen molar-refractivity contribution in [1.29, 1.82) is 0 Å². The van der Waals surface area contributed by atoms with Crippen molar-refractivity contribution in [3.05, 3.63) is 106 Å². The zero-order valence-electron chi connectivity index (χ0n) is 14.9. The molecule has 0 bridgehead atoms. The number of hydrogen-bond donors (Lipinski definition) is 1. The van der Waals surface area contributed by atoms with Crippen LogP contribution in [-0.2, 0) is 0 Å². The van der Waals surface area contributed by atoms with Gasteiger partial charge in [-0.2, -0.15) is 0 Å². The van der Waals surface area contributed by atoms with Gasteiger partial charge in [0.05, 0.1) is 10.6 Å². The first-order valence-electron chi connectivity index (χ1n) is 8.53. The Balaban J connectivity index is 1.62. The third kappa shape index (κ3) is 5.22. The highest BCUT2D eigenvalue weighted by molar-refractivity contribution is 6.04. The Hall–Kier alpha value is -4.06. The molecule has 1 N–H and O–H groups in total. The molecular weight excluding hydrogens is 354 g/mol. The summed E-state index contributed by atoms with van der Waals surface area (Å²) in [6, 6.07) is 22.4. The third-order valence-corrected chi connectivity index (χ3v) is 3.84. The number of nitro benzene ring substituents is 1. The molecule has 0 aliphatic rings. The van der Waals surface area contributed by atoms with Crippen LogP contribution in [0.5, 0.6) is 0 Å². The van der Waals surface area contributed by atoms with Crippen molar-refractivity contribution in [3.8, 4) is 0 Å². The summed E-state index contributed by atoms with van der Waals surface area (Å²) in [6.07, 6.45) is 5.17. The van der Waals surface area contributed by atoms with Gasteiger partial charge in [-0.1, -0.05) is 30.3 Å². The van der Waals surface area contributed by atoms with Gasteiger partial charge in [0.25, 0.3) is 11.6 Å². The van der Waals surface area contributed by atoms with Gasteiger partial charge in [-0.15, -0.1) is 0 Å². The monoisotopic (exact) mass is 371 g/mol. The molecule has 6 nitrogen and oxygen atoms in total. The zero-order chi connectivity index (χ0) is 19.8. The van der Waals surface area contributed by atoms with E-state index >= 15 is 0 Å². The van der Waals surface area contributed by atoms with E-state index in [0.29, 0.717) is 16.9 Å². The lowest BCUT2D eigenvalue weighted by Gasteiger charge is -2.05. The maximum Gasteiger partial charge on any atom is 0.269 e. The fraction of sp³-hybridized carbons (Fsp3) is 0. The Bertz CT molecular complexity index is 1030. The summed E-state index contributed by atoms with van der Waals surface area (Å²) in [5.74, 6) is -0.181. The number of allylic oxidation sites excluding steroid dienone is 1. The van der Waals surface area contributed by atoms with Gasteiger partial charge >= 0.3 is 0 Å². The topological polar surface area (TPSA) is 84.6 Å². The summed E-state index contributed by atoms with van der Waals surface area (Å²) in [6.45, 7) is 0. The molecule has 3 aromatic rings. The van der Waals surface area contributed by atoms with Crippen LogP contribution in [0.25, 0.3) is 6.08 Å². The maximum atomic E-state index is 12.2.